The fraction of sp³-hybridized carbons (Fsp3) is 0.500. The maximum absolute atomic E-state index is 3.49. The number of rotatable bonds is 3. The lowest BCUT2D eigenvalue weighted by Crippen LogP contribution is -2.14. The Balaban J connectivity index is 2.77. The summed E-state index contributed by atoms with van der Waals surface area (Å²) in [5.41, 5.74) is 3.92. The topological polar surface area (TPSA) is 12.0 Å². The van der Waals surface area contributed by atoms with Gasteiger partial charge in [-0.05, 0) is 38.8 Å². The quantitative estimate of drug-likeness (QED) is 0.745. The lowest BCUT2D eigenvalue weighted by molar-refractivity contribution is 0.763. The molecule has 0 saturated carbocycles. The Kier molecular flexibility index (Phi) is 3.35. The fourth-order valence-electron chi connectivity index (χ4n) is 1.34. The van der Waals surface area contributed by atoms with E-state index in [4.69, 9.17) is 0 Å². The standard InChI is InChI=1S/C12H19N/c1-5-11(4)13-12-7-6-9(2)8-10(12)3/h6-8,11,13H,5H2,1-4H3/t11-/m0/s1. The number of nitrogens with one attached hydrogen (secondary N) is 1. The number of aryl methyl sites for hydroxylation is 2. The first-order chi connectivity index (χ1) is 6.13. The molecule has 0 unspecified atom stereocenters. The maximum atomic E-state index is 3.49. The van der Waals surface area contributed by atoms with Crippen molar-refractivity contribution in [1.82, 2.24) is 0 Å². The molecule has 1 heteroatoms. The molecule has 0 fully saturated rings. The van der Waals surface area contributed by atoms with Crippen LogP contribution in [-0.2, 0) is 0 Å². The summed E-state index contributed by atoms with van der Waals surface area (Å²) in [5.74, 6) is 0. The van der Waals surface area contributed by atoms with Gasteiger partial charge in [0.05, 0.1) is 0 Å². The van der Waals surface area contributed by atoms with Crippen LogP contribution in [0.15, 0.2) is 18.2 Å². The van der Waals surface area contributed by atoms with Crippen molar-refractivity contribution in [2.75, 3.05) is 5.32 Å². The largest absolute Gasteiger partial charge is 0.382 e. The summed E-state index contributed by atoms with van der Waals surface area (Å²) in [6.45, 7) is 8.68. The number of hydrogen-bond donors (Lipinski definition) is 1. The molecule has 1 nitrogen and oxygen atoms in total. The van der Waals surface area contributed by atoms with E-state index in [1.165, 1.54) is 16.8 Å². The van der Waals surface area contributed by atoms with E-state index in [0.29, 0.717) is 6.04 Å². The van der Waals surface area contributed by atoms with Crippen LogP contribution in [0.3, 0.4) is 0 Å². The molecule has 0 bridgehead atoms. The van der Waals surface area contributed by atoms with E-state index in [1.807, 2.05) is 0 Å². The number of hydrogen-bond acceptors (Lipinski definition) is 1. The minimum absolute atomic E-state index is 0.557. The monoisotopic (exact) mass is 177 g/mol. The van der Waals surface area contributed by atoms with Crippen LogP contribution >= 0.6 is 0 Å². The Labute approximate surface area is 81.2 Å². The second kappa shape index (κ2) is 4.31. The van der Waals surface area contributed by atoms with Crippen LogP contribution in [-0.4, -0.2) is 6.04 Å². The van der Waals surface area contributed by atoms with Crippen molar-refractivity contribution in [3.63, 3.8) is 0 Å². The summed E-state index contributed by atoms with van der Waals surface area (Å²) in [4.78, 5) is 0. The summed E-state index contributed by atoms with van der Waals surface area (Å²) < 4.78 is 0. The van der Waals surface area contributed by atoms with Crippen LogP contribution in [0, 0.1) is 13.8 Å². The number of benzene rings is 1. The van der Waals surface area contributed by atoms with Crippen LogP contribution in [0.5, 0.6) is 0 Å². The van der Waals surface area contributed by atoms with Gasteiger partial charge in [-0.2, -0.15) is 0 Å². The Morgan fingerprint density at radius 3 is 2.54 bits per heavy atom. The normalized spacial score (nSPS) is 12.6. The summed E-state index contributed by atoms with van der Waals surface area (Å²) in [6.07, 6.45) is 1.16. The van der Waals surface area contributed by atoms with Crippen molar-refractivity contribution in [3.8, 4) is 0 Å². The molecule has 1 N–H and O–H groups in total. The van der Waals surface area contributed by atoms with Gasteiger partial charge in [-0.15, -0.1) is 0 Å². The van der Waals surface area contributed by atoms with Crippen LogP contribution < -0.4 is 5.32 Å². The van der Waals surface area contributed by atoms with E-state index in [-0.39, 0.29) is 0 Å². The molecule has 0 aliphatic carbocycles. The molecule has 72 valence electrons. The van der Waals surface area contributed by atoms with E-state index in [9.17, 15) is 0 Å². The van der Waals surface area contributed by atoms with Gasteiger partial charge in [0.2, 0.25) is 0 Å². The lowest BCUT2D eigenvalue weighted by atomic mass is 10.1. The Bertz CT molecular complexity index is 278. The fourth-order valence-corrected chi connectivity index (χ4v) is 1.34. The number of anilines is 1. The summed E-state index contributed by atoms with van der Waals surface area (Å²) in [7, 11) is 0. The Morgan fingerprint density at radius 1 is 1.31 bits per heavy atom. The maximum Gasteiger partial charge on any atom is 0.0372 e. The van der Waals surface area contributed by atoms with Crippen LogP contribution in [0.2, 0.25) is 0 Å². The van der Waals surface area contributed by atoms with Gasteiger partial charge in [0.1, 0.15) is 0 Å². The predicted molar refractivity (Wildman–Crippen MR) is 59.3 cm³/mol. The van der Waals surface area contributed by atoms with Gasteiger partial charge < -0.3 is 5.32 Å². The third-order valence-electron chi connectivity index (χ3n) is 2.40. The highest BCUT2D eigenvalue weighted by molar-refractivity contribution is 5.52. The molecule has 0 radical (unpaired) electrons. The van der Waals surface area contributed by atoms with Crippen molar-refractivity contribution in [3.05, 3.63) is 29.3 Å². The van der Waals surface area contributed by atoms with Gasteiger partial charge in [-0.1, -0.05) is 24.6 Å². The zero-order chi connectivity index (χ0) is 9.84. The molecule has 13 heavy (non-hydrogen) atoms. The van der Waals surface area contributed by atoms with Crippen molar-refractivity contribution in [2.24, 2.45) is 0 Å². The molecule has 0 heterocycles. The minimum atomic E-state index is 0.557. The van der Waals surface area contributed by atoms with Crippen molar-refractivity contribution in [2.45, 2.75) is 40.2 Å². The van der Waals surface area contributed by atoms with Gasteiger partial charge in [0.15, 0.2) is 0 Å². The van der Waals surface area contributed by atoms with E-state index in [0.717, 1.165) is 6.42 Å². The average molecular weight is 177 g/mol. The molecule has 0 aliphatic heterocycles. The molecule has 0 amide bonds. The predicted octanol–water partition coefficient (Wildman–Crippen LogP) is 3.51. The van der Waals surface area contributed by atoms with Crippen molar-refractivity contribution in [1.29, 1.82) is 0 Å². The molecule has 0 aliphatic rings. The molecular formula is C12H19N. The Hall–Kier alpha value is -0.980. The molecule has 0 spiro atoms. The smallest absolute Gasteiger partial charge is 0.0372 e. The highest BCUT2D eigenvalue weighted by atomic mass is 14.9. The Morgan fingerprint density at radius 2 is 2.00 bits per heavy atom. The van der Waals surface area contributed by atoms with E-state index in [2.05, 4.69) is 51.2 Å². The second-order valence-corrected chi connectivity index (χ2v) is 3.77. The average Bonchev–Trinajstić information content (AvgIpc) is 2.09. The first kappa shape index (κ1) is 10.1. The third kappa shape index (κ3) is 2.76. The highest BCUT2D eigenvalue weighted by Crippen LogP contribution is 2.17. The molecule has 0 aromatic heterocycles. The van der Waals surface area contributed by atoms with Gasteiger partial charge >= 0.3 is 0 Å². The third-order valence-corrected chi connectivity index (χ3v) is 2.40. The molecular weight excluding hydrogens is 158 g/mol. The molecule has 1 rings (SSSR count). The zero-order valence-corrected chi connectivity index (χ0v) is 9.02. The summed E-state index contributed by atoms with van der Waals surface area (Å²) in [6, 6.07) is 7.08. The highest BCUT2D eigenvalue weighted by Gasteiger charge is 2.01. The lowest BCUT2D eigenvalue weighted by Gasteiger charge is -2.15. The molecule has 0 saturated heterocycles. The molecule has 1 atom stereocenters. The van der Waals surface area contributed by atoms with E-state index < -0.39 is 0 Å². The van der Waals surface area contributed by atoms with Crippen molar-refractivity contribution >= 4 is 5.69 Å². The molecule has 1 aromatic rings. The molecule has 1 aromatic carbocycles. The summed E-state index contributed by atoms with van der Waals surface area (Å²) in [5, 5.41) is 3.49. The van der Waals surface area contributed by atoms with Crippen molar-refractivity contribution < 1.29 is 0 Å². The second-order valence-electron chi connectivity index (χ2n) is 3.77. The first-order valence-corrected chi connectivity index (χ1v) is 4.97. The van der Waals surface area contributed by atoms with Gasteiger partial charge in [-0.25, -0.2) is 0 Å². The van der Waals surface area contributed by atoms with Crippen LogP contribution in [0.4, 0.5) is 5.69 Å². The SMILES string of the molecule is CC[C@H](C)Nc1ccc(C)cc1C. The van der Waals surface area contributed by atoms with Gasteiger partial charge in [0, 0.05) is 11.7 Å². The zero-order valence-electron chi connectivity index (χ0n) is 9.02. The van der Waals surface area contributed by atoms with E-state index in [1.54, 1.807) is 0 Å². The first-order valence-electron chi connectivity index (χ1n) is 4.97. The van der Waals surface area contributed by atoms with Crippen LogP contribution in [0.1, 0.15) is 31.4 Å². The van der Waals surface area contributed by atoms with Gasteiger partial charge in [-0.3, -0.25) is 0 Å². The summed E-state index contributed by atoms with van der Waals surface area (Å²) >= 11 is 0. The van der Waals surface area contributed by atoms with Crippen LogP contribution in [0.25, 0.3) is 0 Å². The minimum Gasteiger partial charge on any atom is -0.382 e. The van der Waals surface area contributed by atoms with E-state index >= 15 is 0 Å². The van der Waals surface area contributed by atoms with Gasteiger partial charge in [0.25, 0.3) is 0 Å².